The van der Waals surface area contributed by atoms with Crippen molar-refractivity contribution in [2.24, 2.45) is 0 Å². The second kappa shape index (κ2) is 9.95. The Kier molecular flexibility index (Phi) is 7.33. The lowest BCUT2D eigenvalue weighted by Crippen LogP contribution is -2.44. The van der Waals surface area contributed by atoms with Crippen LogP contribution in [0, 0.1) is 0 Å². The van der Waals surface area contributed by atoms with Crippen molar-refractivity contribution in [1.82, 2.24) is 10.2 Å². The average molecular weight is 422 g/mol. The minimum Gasteiger partial charge on any atom is -0.496 e. The number of rotatable bonds is 7. The number of halogens is 3. The van der Waals surface area contributed by atoms with E-state index in [0.29, 0.717) is 38.6 Å². The van der Waals surface area contributed by atoms with Gasteiger partial charge in [-0.15, -0.1) is 0 Å². The molecule has 1 atom stereocenters. The summed E-state index contributed by atoms with van der Waals surface area (Å²) in [6.07, 6.45) is -4.22. The number of para-hydroxylation sites is 1. The summed E-state index contributed by atoms with van der Waals surface area (Å²) in [7, 11) is 1.55. The molecule has 0 radical (unpaired) electrons. The van der Waals surface area contributed by atoms with Crippen molar-refractivity contribution in [2.45, 2.75) is 18.6 Å². The minimum absolute atomic E-state index is 0.160. The normalized spacial score (nSPS) is 16.1. The first-order chi connectivity index (χ1) is 14.4. The molecule has 0 aliphatic carbocycles. The van der Waals surface area contributed by atoms with Crippen LogP contribution in [0.3, 0.4) is 0 Å². The number of carbonyl (C=O) groups is 1. The molecule has 1 aliphatic rings. The smallest absolute Gasteiger partial charge is 0.416 e. The van der Waals surface area contributed by atoms with Gasteiger partial charge in [0.1, 0.15) is 5.75 Å². The van der Waals surface area contributed by atoms with Gasteiger partial charge in [0.15, 0.2) is 0 Å². The summed E-state index contributed by atoms with van der Waals surface area (Å²) in [5.41, 5.74) is 0.810. The van der Waals surface area contributed by atoms with Crippen LogP contribution in [0.2, 0.25) is 0 Å². The lowest BCUT2D eigenvalue weighted by molar-refractivity contribution is -0.137. The van der Waals surface area contributed by atoms with Gasteiger partial charge in [-0.25, -0.2) is 0 Å². The molecule has 1 fully saturated rings. The molecule has 0 aromatic heterocycles. The standard InChI is InChI=1S/C22H25F3N2O3/c1-29-20-5-3-2-4-17(20)14-21(28)26-15-19(27-10-12-30-13-11-27)16-6-8-18(9-7-16)22(23,24)25/h2-9,19H,10-15H2,1H3,(H,26,28). The van der Waals surface area contributed by atoms with Crippen LogP contribution in [-0.2, 0) is 22.1 Å². The summed E-state index contributed by atoms with van der Waals surface area (Å²) in [6.45, 7) is 2.68. The zero-order chi connectivity index (χ0) is 21.6. The number of hydrogen-bond donors (Lipinski definition) is 1. The molecule has 162 valence electrons. The van der Waals surface area contributed by atoms with Crippen LogP contribution in [0.5, 0.6) is 5.75 Å². The molecule has 2 aromatic carbocycles. The van der Waals surface area contributed by atoms with E-state index in [9.17, 15) is 18.0 Å². The molecule has 0 saturated carbocycles. The molecule has 1 unspecified atom stereocenters. The van der Waals surface area contributed by atoms with Gasteiger partial charge in [-0.05, 0) is 23.8 Å². The molecule has 1 aliphatic heterocycles. The molecule has 8 heteroatoms. The molecular weight excluding hydrogens is 397 g/mol. The molecular formula is C22H25F3N2O3. The van der Waals surface area contributed by atoms with Crippen molar-refractivity contribution < 1.29 is 27.4 Å². The maximum Gasteiger partial charge on any atom is 0.416 e. The van der Waals surface area contributed by atoms with E-state index in [-0.39, 0.29) is 18.4 Å². The molecule has 1 heterocycles. The van der Waals surface area contributed by atoms with Gasteiger partial charge in [-0.1, -0.05) is 30.3 Å². The summed E-state index contributed by atoms with van der Waals surface area (Å²) >= 11 is 0. The summed E-state index contributed by atoms with van der Waals surface area (Å²) < 4.78 is 49.4. The van der Waals surface area contributed by atoms with Gasteiger partial charge in [-0.3, -0.25) is 9.69 Å². The van der Waals surface area contributed by atoms with E-state index in [1.807, 2.05) is 18.2 Å². The number of amides is 1. The Morgan fingerprint density at radius 1 is 1.13 bits per heavy atom. The zero-order valence-electron chi connectivity index (χ0n) is 16.7. The van der Waals surface area contributed by atoms with E-state index in [1.165, 1.54) is 12.1 Å². The van der Waals surface area contributed by atoms with Crippen LogP contribution >= 0.6 is 0 Å². The molecule has 1 amide bonds. The summed E-state index contributed by atoms with van der Waals surface area (Å²) in [4.78, 5) is 14.6. The second-order valence-corrected chi connectivity index (χ2v) is 7.08. The number of benzene rings is 2. The Balaban J connectivity index is 1.70. The molecule has 2 aromatic rings. The minimum atomic E-state index is -4.38. The topological polar surface area (TPSA) is 50.8 Å². The molecule has 1 saturated heterocycles. The second-order valence-electron chi connectivity index (χ2n) is 7.08. The number of hydrogen-bond acceptors (Lipinski definition) is 4. The van der Waals surface area contributed by atoms with Crippen molar-refractivity contribution in [3.8, 4) is 5.75 Å². The molecule has 0 bridgehead atoms. The quantitative estimate of drug-likeness (QED) is 0.743. The van der Waals surface area contributed by atoms with E-state index in [2.05, 4.69) is 10.2 Å². The number of morpholine rings is 1. The Morgan fingerprint density at radius 3 is 2.43 bits per heavy atom. The lowest BCUT2D eigenvalue weighted by atomic mass is 10.0. The van der Waals surface area contributed by atoms with Gasteiger partial charge in [0.2, 0.25) is 5.91 Å². The van der Waals surface area contributed by atoms with Gasteiger partial charge >= 0.3 is 6.18 Å². The van der Waals surface area contributed by atoms with E-state index in [0.717, 1.165) is 23.3 Å². The third-order valence-corrected chi connectivity index (χ3v) is 5.15. The highest BCUT2D eigenvalue weighted by atomic mass is 19.4. The fraction of sp³-hybridized carbons (Fsp3) is 0.409. The maximum absolute atomic E-state index is 12.9. The van der Waals surface area contributed by atoms with Crippen LogP contribution in [-0.4, -0.2) is 50.8 Å². The molecule has 1 N–H and O–H groups in total. The van der Waals surface area contributed by atoms with Crippen LogP contribution in [0.4, 0.5) is 13.2 Å². The summed E-state index contributed by atoms with van der Waals surface area (Å²) in [5, 5.41) is 2.92. The average Bonchev–Trinajstić information content (AvgIpc) is 2.75. The van der Waals surface area contributed by atoms with Gasteiger partial charge in [-0.2, -0.15) is 13.2 Å². The monoisotopic (exact) mass is 422 g/mol. The van der Waals surface area contributed by atoms with Crippen molar-refractivity contribution in [3.05, 3.63) is 65.2 Å². The highest BCUT2D eigenvalue weighted by molar-refractivity contribution is 5.79. The Bertz CT molecular complexity index is 834. The molecule has 30 heavy (non-hydrogen) atoms. The van der Waals surface area contributed by atoms with Gasteiger partial charge in [0, 0.05) is 25.2 Å². The van der Waals surface area contributed by atoms with Crippen LogP contribution in [0.15, 0.2) is 48.5 Å². The summed E-state index contributed by atoms with van der Waals surface area (Å²) in [5.74, 6) is 0.463. The van der Waals surface area contributed by atoms with E-state index in [4.69, 9.17) is 9.47 Å². The Morgan fingerprint density at radius 2 is 1.80 bits per heavy atom. The Labute approximate surface area is 173 Å². The Hall–Kier alpha value is -2.58. The fourth-order valence-electron chi connectivity index (χ4n) is 3.54. The highest BCUT2D eigenvalue weighted by Crippen LogP contribution is 2.31. The van der Waals surface area contributed by atoms with E-state index < -0.39 is 11.7 Å². The number of ether oxygens (including phenoxy) is 2. The first kappa shape index (κ1) is 22.1. The SMILES string of the molecule is COc1ccccc1CC(=O)NCC(c1ccc(C(F)(F)F)cc1)N1CCOCC1. The van der Waals surface area contributed by atoms with Gasteiger partial charge in [0.05, 0.1) is 38.3 Å². The van der Waals surface area contributed by atoms with Crippen LogP contribution in [0.25, 0.3) is 0 Å². The third-order valence-electron chi connectivity index (χ3n) is 5.15. The number of nitrogens with zero attached hydrogens (tertiary/aromatic N) is 1. The van der Waals surface area contributed by atoms with Crippen molar-refractivity contribution >= 4 is 5.91 Å². The summed E-state index contributed by atoms with van der Waals surface area (Å²) in [6, 6.07) is 12.2. The van der Waals surface area contributed by atoms with Crippen molar-refractivity contribution in [2.75, 3.05) is 40.0 Å². The third kappa shape index (κ3) is 5.73. The van der Waals surface area contributed by atoms with Gasteiger partial charge in [0.25, 0.3) is 0 Å². The van der Waals surface area contributed by atoms with Crippen molar-refractivity contribution in [3.63, 3.8) is 0 Å². The first-order valence-electron chi connectivity index (χ1n) is 9.76. The van der Waals surface area contributed by atoms with E-state index >= 15 is 0 Å². The lowest BCUT2D eigenvalue weighted by Gasteiger charge is -2.35. The molecule has 3 rings (SSSR count). The predicted molar refractivity (Wildman–Crippen MR) is 106 cm³/mol. The fourth-order valence-corrected chi connectivity index (χ4v) is 3.54. The van der Waals surface area contributed by atoms with Crippen LogP contribution in [0.1, 0.15) is 22.7 Å². The van der Waals surface area contributed by atoms with E-state index in [1.54, 1.807) is 13.2 Å². The van der Waals surface area contributed by atoms with Gasteiger partial charge < -0.3 is 14.8 Å². The van der Waals surface area contributed by atoms with Crippen molar-refractivity contribution in [1.29, 1.82) is 0 Å². The number of methoxy groups -OCH3 is 1. The zero-order valence-corrected chi connectivity index (χ0v) is 16.7. The number of nitrogens with one attached hydrogen (secondary N) is 1. The molecule has 0 spiro atoms. The highest BCUT2D eigenvalue weighted by Gasteiger charge is 2.31. The number of alkyl halides is 3. The number of carbonyl (C=O) groups excluding carboxylic acids is 1. The molecule has 5 nitrogen and oxygen atoms in total. The van der Waals surface area contributed by atoms with Crippen LogP contribution < -0.4 is 10.1 Å². The maximum atomic E-state index is 12.9. The predicted octanol–water partition coefficient (Wildman–Crippen LogP) is 3.45. The first-order valence-corrected chi connectivity index (χ1v) is 9.76. The largest absolute Gasteiger partial charge is 0.496 e.